The van der Waals surface area contributed by atoms with E-state index in [1.54, 1.807) is 5.57 Å². The molecule has 0 saturated heterocycles. The molecule has 4 radical (unpaired) electrons. The maximum absolute atomic E-state index is 6.04. The molecule has 0 N–H and O–H groups in total. The first-order valence-corrected chi connectivity index (χ1v) is 8.92. The second-order valence-corrected chi connectivity index (χ2v) is 7.60. The topological polar surface area (TPSA) is 0 Å². The van der Waals surface area contributed by atoms with E-state index in [1.165, 1.54) is 70.6 Å². The zero-order valence-corrected chi connectivity index (χ0v) is 12.9. The van der Waals surface area contributed by atoms with Gasteiger partial charge in [0, 0.05) is 0 Å². The van der Waals surface area contributed by atoms with Crippen LogP contribution in [-0.2, 0) is 0 Å². The van der Waals surface area contributed by atoms with Crippen LogP contribution in [0.25, 0.3) is 0 Å². The lowest BCUT2D eigenvalue weighted by Crippen LogP contribution is -2.23. The van der Waals surface area contributed by atoms with Gasteiger partial charge in [-0.25, -0.2) is 0 Å². The second kappa shape index (κ2) is 6.75. The fourth-order valence-electron chi connectivity index (χ4n) is 4.78. The van der Waals surface area contributed by atoms with Crippen molar-refractivity contribution in [3.63, 3.8) is 0 Å². The summed E-state index contributed by atoms with van der Waals surface area (Å²) in [5, 5.41) is 0. The minimum atomic E-state index is 0.481. The third kappa shape index (κ3) is 3.55. The Balaban J connectivity index is 1.50. The largest absolute Gasteiger partial charge is 0.0848 e. The minimum Gasteiger partial charge on any atom is -0.0848 e. The van der Waals surface area contributed by atoms with Crippen LogP contribution in [0.2, 0.25) is 11.6 Å². The predicted molar refractivity (Wildman–Crippen MR) is 88.3 cm³/mol. The van der Waals surface area contributed by atoms with Gasteiger partial charge in [0.2, 0.25) is 0 Å². The Bertz CT molecular complexity index is 333. The third-order valence-electron chi connectivity index (χ3n) is 6.27. The van der Waals surface area contributed by atoms with E-state index in [1.807, 2.05) is 0 Å². The van der Waals surface area contributed by atoms with E-state index < -0.39 is 0 Å². The zero-order valence-electron chi connectivity index (χ0n) is 12.9. The van der Waals surface area contributed by atoms with Crippen molar-refractivity contribution in [2.24, 2.45) is 17.8 Å². The SMILES string of the molecule is [B]C1CCC(C2=CCC(C3CCC([B])CC3)CC2)CC1. The van der Waals surface area contributed by atoms with Crippen LogP contribution in [0.3, 0.4) is 0 Å². The molecule has 106 valence electrons. The number of hydrogen-bond donors (Lipinski definition) is 0. The Labute approximate surface area is 128 Å². The molecule has 0 amide bonds. The van der Waals surface area contributed by atoms with Crippen LogP contribution in [0.1, 0.15) is 70.6 Å². The third-order valence-corrected chi connectivity index (χ3v) is 6.27. The smallest absolute Gasteiger partial charge is 0.0699 e. The van der Waals surface area contributed by atoms with Crippen LogP contribution in [-0.4, -0.2) is 15.7 Å². The van der Waals surface area contributed by atoms with Crippen molar-refractivity contribution < 1.29 is 0 Å². The molecule has 3 aliphatic rings. The van der Waals surface area contributed by atoms with Crippen LogP contribution >= 0.6 is 0 Å². The van der Waals surface area contributed by atoms with Crippen molar-refractivity contribution in [3.8, 4) is 0 Å². The van der Waals surface area contributed by atoms with Crippen molar-refractivity contribution in [2.45, 2.75) is 82.3 Å². The van der Waals surface area contributed by atoms with Crippen molar-refractivity contribution in [3.05, 3.63) is 11.6 Å². The average Bonchev–Trinajstić information content (AvgIpc) is 2.49. The van der Waals surface area contributed by atoms with E-state index in [4.69, 9.17) is 15.7 Å². The Morgan fingerprint density at radius 2 is 1.30 bits per heavy atom. The molecule has 0 aromatic heterocycles. The van der Waals surface area contributed by atoms with Gasteiger partial charge >= 0.3 is 0 Å². The van der Waals surface area contributed by atoms with E-state index in [0.717, 1.165) is 17.8 Å². The summed E-state index contributed by atoms with van der Waals surface area (Å²) in [5.74, 6) is 3.77. The highest BCUT2D eigenvalue weighted by atomic mass is 14.3. The monoisotopic (exact) mass is 266 g/mol. The molecular weight excluding hydrogens is 238 g/mol. The predicted octanol–water partition coefficient (Wildman–Crippen LogP) is 5.01. The number of rotatable bonds is 2. The van der Waals surface area contributed by atoms with E-state index in [-0.39, 0.29) is 0 Å². The van der Waals surface area contributed by atoms with Gasteiger partial charge < -0.3 is 0 Å². The maximum atomic E-state index is 6.04. The molecule has 2 saturated carbocycles. The standard InChI is InChI=1S/C18H28B2/c19-17-9-5-15(6-10-17)13-1-2-14(4-3-13)16-7-11-18(20)12-8-16/h1,14-18H,2-12H2. The van der Waals surface area contributed by atoms with E-state index in [2.05, 4.69) is 6.08 Å². The molecule has 0 nitrogen and oxygen atoms in total. The van der Waals surface area contributed by atoms with Crippen LogP contribution in [0.4, 0.5) is 0 Å². The van der Waals surface area contributed by atoms with Crippen LogP contribution in [0, 0.1) is 17.8 Å². The summed E-state index contributed by atoms with van der Waals surface area (Å²) in [5.41, 5.74) is 1.78. The van der Waals surface area contributed by atoms with Gasteiger partial charge in [-0.3, -0.25) is 0 Å². The second-order valence-electron chi connectivity index (χ2n) is 7.60. The summed E-state index contributed by atoms with van der Waals surface area (Å²) in [6.45, 7) is 0. The minimum absolute atomic E-state index is 0.481. The lowest BCUT2D eigenvalue weighted by atomic mass is 9.65. The van der Waals surface area contributed by atoms with E-state index >= 15 is 0 Å². The highest BCUT2D eigenvalue weighted by Crippen LogP contribution is 2.43. The van der Waals surface area contributed by atoms with Gasteiger partial charge in [0.1, 0.15) is 0 Å². The van der Waals surface area contributed by atoms with Gasteiger partial charge in [0.15, 0.2) is 0 Å². The Morgan fingerprint density at radius 1 is 0.700 bits per heavy atom. The first-order chi connectivity index (χ1) is 9.72. The average molecular weight is 266 g/mol. The van der Waals surface area contributed by atoms with Crippen molar-refractivity contribution in [2.75, 3.05) is 0 Å². The molecule has 3 rings (SSSR count). The number of hydrogen-bond acceptors (Lipinski definition) is 0. The summed E-state index contributed by atoms with van der Waals surface area (Å²) in [6, 6.07) is 0. The molecule has 1 unspecified atom stereocenters. The first kappa shape index (κ1) is 14.8. The van der Waals surface area contributed by atoms with Gasteiger partial charge in [-0.2, -0.15) is 0 Å². The lowest BCUT2D eigenvalue weighted by molar-refractivity contribution is 0.227. The molecule has 2 heteroatoms. The van der Waals surface area contributed by atoms with Gasteiger partial charge in [-0.1, -0.05) is 61.8 Å². The summed E-state index contributed by atoms with van der Waals surface area (Å²) in [7, 11) is 12.1. The van der Waals surface area contributed by atoms with Crippen molar-refractivity contribution in [1.29, 1.82) is 0 Å². The van der Waals surface area contributed by atoms with Crippen molar-refractivity contribution in [1.82, 2.24) is 0 Å². The summed E-state index contributed by atoms with van der Waals surface area (Å²) >= 11 is 0. The Kier molecular flexibility index (Phi) is 5.00. The number of allylic oxidation sites excluding steroid dienone is 2. The quantitative estimate of drug-likeness (QED) is 0.487. The normalized spacial score (nSPS) is 43.0. The van der Waals surface area contributed by atoms with Gasteiger partial charge in [-0.05, 0) is 49.9 Å². The molecule has 0 aromatic rings. The summed E-state index contributed by atoms with van der Waals surface area (Å²) in [6.07, 6.45) is 17.2. The highest BCUT2D eigenvalue weighted by molar-refractivity contribution is 6.11. The Hall–Kier alpha value is -0.130. The fraction of sp³-hybridized carbons (Fsp3) is 0.889. The van der Waals surface area contributed by atoms with Crippen LogP contribution in [0.5, 0.6) is 0 Å². The zero-order chi connectivity index (χ0) is 13.9. The van der Waals surface area contributed by atoms with Crippen molar-refractivity contribution >= 4 is 15.7 Å². The molecule has 20 heavy (non-hydrogen) atoms. The van der Waals surface area contributed by atoms with E-state index in [9.17, 15) is 0 Å². The summed E-state index contributed by atoms with van der Waals surface area (Å²) in [4.78, 5) is 0. The molecule has 1 atom stereocenters. The molecule has 2 fully saturated rings. The lowest BCUT2D eigenvalue weighted by Gasteiger charge is -2.37. The van der Waals surface area contributed by atoms with Crippen LogP contribution in [0.15, 0.2) is 11.6 Å². The van der Waals surface area contributed by atoms with E-state index in [0.29, 0.717) is 11.6 Å². The summed E-state index contributed by atoms with van der Waals surface area (Å²) < 4.78 is 0. The van der Waals surface area contributed by atoms with Gasteiger partial charge in [0.05, 0.1) is 15.7 Å². The Morgan fingerprint density at radius 3 is 1.85 bits per heavy atom. The fourth-order valence-corrected chi connectivity index (χ4v) is 4.78. The highest BCUT2D eigenvalue weighted by Gasteiger charge is 2.29. The molecular formula is C18H28B2. The maximum Gasteiger partial charge on any atom is 0.0699 e. The van der Waals surface area contributed by atoms with Gasteiger partial charge in [-0.15, -0.1) is 0 Å². The molecule has 0 aromatic carbocycles. The molecule has 0 spiro atoms. The van der Waals surface area contributed by atoms with Crippen LogP contribution < -0.4 is 0 Å². The first-order valence-electron chi connectivity index (χ1n) is 8.92. The molecule has 0 bridgehead atoms. The molecule has 0 heterocycles. The molecule has 0 aliphatic heterocycles. The molecule has 3 aliphatic carbocycles. The van der Waals surface area contributed by atoms with Gasteiger partial charge in [0.25, 0.3) is 0 Å².